The summed E-state index contributed by atoms with van der Waals surface area (Å²) in [6.45, 7) is 2.08. The highest BCUT2D eigenvalue weighted by Crippen LogP contribution is 2.32. The van der Waals surface area contributed by atoms with Gasteiger partial charge in [-0.2, -0.15) is 13.2 Å². The standard InChI is InChI=1S/C26H21F5N2/c1-2-3-20-12-13-32-25(33-20)19-9-10-21-18(15-19)8-7-17(24(21)28)6-4-16-5-11-22(23(27)14-16)26(29,30)31/h5,7-15H,2-4,6H2,1H3. The van der Waals surface area contributed by atoms with Crippen LogP contribution in [0.15, 0.2) is 60.8 Å². The van der Waals surface area contributed by atoms with Gasteiger partial charge in [0.1, 0.15) is 11.6 Å². The number of benzene rings is 3. The monoisotopic (exact) mass is 456 g/mol. The predicted octanol–water partition coefficient (Wildman–Crippen LogP) is 7.33. The minimum atomic E-state index is -4.74. The molecule has 4 aromatic rings. The number of hydrogen-bond acceptors (Lipinski definition) is 2. The normalized spacial score (nSPS) is 11.8. The van der Waals surface area contributed by atoms with E-state index in [0.717, 1.165) is 36.2 Å². The van der Waals surface area contributed by atoms with Crippen molar-refractivity contribution in [2.45, 2.75) is 38.8 Å². The van der Waals surface area contributed by atoms with Crippen LogP contribution in [0.5, 0.6) is 0 Å². The molecule has 0 saturated heterocycles. The van der Waals surface area contributed by atoms with Crippen molar-refractivity contribution in [3.63, 3.8) is 0 Å². The lowest BCUT2D eigenvalue weighted by molar-refractivity contribution is -0.140. The molecule has 0 aliphatic heterocycles. The maximum absolute atomic E-state index is 15.1. The van der Waals surface area contributed by atoms with E-state index in [9.17, 15) is 17.6 Å². The van der Waals surface area contributed by atoms with Gasteiger partial charge in [0, 0.05) is 22.8 Å². The van der Waals surface area contributed by atoms with Crippen molar-refractivity contribution < 1.29 is 22.0 Å². The Morgan fingerprint density at radius 1 is 0.848 bits per heavy atom. The van der Waals surface area contributed by atoms with Crippen molar-refractivity contribution in [1.82, 2.24) is 9.97 Å². The van der Waals surface area contributed by atoms with Crippen molar-refractivity contribution in [3.8, 4) is 11.4 Å². The Bertz CT molecular complexity index is 1300. The van der Waals surface area contributed by atoms with Crippen molar-refractivity contribution in [2.24, 2.45) is 0 Å². The molecular formula is C26H21F5N2. The number of aromatic nitrogens is 2. The average molecular weight is 456 g/mol. The number of rotatable bonds is 6. The second-order valence-corrected chi connectivity index (χ2v) is 7.91. The summed E-state index contributed by atoms with van der Waals surface area (Å²) in [4.78, 5) is 8.89. The summed E-state index contributed by atoms with van der Waals surface area (Å²) in [5, 5.41) is 1.12. The topological polar surface area (TPSA) is 25.8 Å². The fourth-order valence-electron chi connectivity index (χ4n) is 3.82. The fourth-order valence-corrected chi connectivity index (χ4v) is 3.82. The molecule has 0 unspecified atom stereocenters. The summed E-state index contributed by atoms with van der Waals surface area (Å²) in [6, 6.07) is 13.4. The first-order valence-electron chi connectivity index (χ1n) is 10.7. The van der Waals surface area contributed by atoms with Gasteiger partial charge in [-0.25, -0.2) is 18.7 Å². The first-order chi connectivity index (χ1) is 15.8. The third-order valence-electron chi connectivity index (χ3n) is 5.53. The number of hydrogen-bond donors (Lipinski definition) is 0. The molecule has 2 nitrogen and oxygen atoms in total. The molecule has 1 heterocycles. The number of fused-ring (bicyclic) bond motifs is 1. The van der Waals surface area contributed by atoms with Crippen molar-refractivity contribution in [2.75, 3.05) is 0 Å². The number of nitrogens with zero attached hydrogens (tertiary/aromatic N) is 2. The molecule has 3 aromatic carbocycles. The van der Waals surface area contributed by atoms with E-state index in [1.165, 1.54) is 6.07 Å². The molecule has 0 radical (unpaired) electrons. The van der Waals surface area contributed by atoms with Crippen LogP contribution >= 0.6 is 0 Å². The fraction of sp³-hybridized carbons (Fsp3) is 0.231. The van der Waals surface area contributed by atoms with E-state index >= 15 is 4.39 Å². The third-order valence-corrected chi connectivity index (χ3v) is 5.53. The minimum Gasteiger partial charge on any atom is -0.237 e. The molecule has 0 fully saturated rings. The Hall–Kier alpha value is -3.35. The third kappa shape index (κ3) is 5.02. The zero-order valence-electron chi connectivity index (χ0n) is 17.9. The van der Waals surface area contributed by atoms with Crippen LogP contribution in [0, 0.1) is 11.6 Å². The first kappa shape index (κ1) is 22.8. The molecule has 0 N–H and O–H groups in total. The van der Waals surface area contributed by atoms with Crippen LogP contribution in [0.1, 0.15) is 35.7 Å². The van der Waals surface area contributed by atoms with Crippen LogP contribution in [0.2, 0.25) is 0 Å². The van der Waals surface area contributed by atoms with Gasteiger partial charge in [0.2, 0.25) is 0 Å². The zero-order valence-corrected chi connectivity index (χ0v) is 17.9. The summed E-state index contributed by atoms with van der Waals surface area (Å²) in [6.07, 6.45) is -0.755. The van der Waals surface area contributed by atoms with Gasteiger partial charge in [-0.15, -0.1) is 0 Å². The lowest BCUT2D eigenvalue weighted by Crippen LogP contribution is -2.08. The largest absolute Gasteiger partial charge is 0.419 e. The van der Waals surface area contributed by atoms with Gasteiger partial charge < -0.3 is 0 Å². The Labute approximate surface area is 188 Å². The lowest BCUT2D eigenvalue weighted by Gasteiger charge is -2.11. The molecule has 0 saturated carbocycles. The molecule has 0 atom stereocenters. The van der Waals surface area contributed by atoms with E-state index in [1.54, 1.807) is 30.5 Å². The highest BCUT2D eigenvalue weighted by Gasteiger charge is 2.33. The molecule has 33 heavy (non-hydrogen) atoms. The van der Waals surface area contributed by atoms with Gasteiger partial charge in [0.05, 0.1) is 5.56 Å². The highest BCUT2D eigenvalue weighted by molar-refractivity contribution is 5.87. The maximum Gasteiger partial charge on any atom is 0.419 e. The van der Waals surface area contributed by atoms with Gasteiger partial charge in [0.25, 0.3) is 0 Å². The van der Waals surface area contributed by atoms with Crippen LogP contribution in [0.4, 0.5) is 22.0 Å². The Morgan fingerprint density at radius 2 is 1.67 bits per heavy atom. The number of halogens is 5. The van der Waals surface area contributed by atoms with E-state index in [4.69, 9.17) is 0 Å². The number of alkyl halides is 3. The SMILES string of the molecule is CCCc1ccnc(-c2ccc3c(F)c(CCc4ccc(C(F)(F)F)c(F)c4)ccc3c2)n1. The summed E-state index contributed by atoms with van der Waals surface area (Å²) in [5.74, 6) is -1.14. The van der Waals surface area contributed by atoms with Gasteiger partial charge >= 0.3 is 6.18 Å². The Kier molecular flexibility index (Phi) is 6.40. The zero-order chi connectivity index (χ0) is 23.6. The Morgan fingerprint density at radius 3 is 2.39 bits per heavy atom. The van der Waals surface area contributed by atoms with Crippen LogP contribution in [0.25, 0.3) is 22.2 Å². The summed E-state index contributed by atoms with van der Waals surface area (Å²) < 4.78 is 67.1. The van der Waals surface area contributed by atoms with Crippen LogP contribution in [-0.4, -0.2) is 9.97 Å². The molecule has 0 amide bonds. The van der Waals surface area contributed by atoms with E-state index in [2.05, 4.69) is 16.9 Å². The lowest BCUT2D eigenvalue weighted by atomic mass is 9.98. The van der Waals surface area contributed by atoms with Gasteiger partial charge in [0.15, 0.2) is 5.82 Å². The van der Waals surface area contributed by atoms with Crippen molar-refractivity contribution in [3.05, 3.63) is 94.8 Å². The maximum atomic E-state index is 15.1. The molecule has 0 spiro atoms. The van der Waals surface area contributed by atoms with Crippen LogP contribution < -0.4 is 0 Å². The Balaban J connectivity index is 1.56. The first-order valence-corrected chi connectivity index (χ1v) is 10.7. The summed E-state index contributed by atoms with van der Waals surface area (Å²) in [7, 11) is 0. The minimum absolute atomic E-state index is 0.216. The molecule has 0 bridgehead atoms. The van der Waals surface area contributed by atoms with Gasteiger partial charge in [-0.3, -0.25) is 0 Å². The van der Waals surface area contributed by atoms with E-state index < -0.39 is 23.4 Å². The van der Waals surface area contributed by atoms with Gasteiger partial charge in [-0.1, -0.05) is 43.7 Å². The summed E-state index contributed by atoms with van der Waals surface area (Å²) >= 11 is 0. The molecule has 0 aliphatic carbocycles. The molecule has 0 aliphatic rings. The molecule has 7 heteroatoms. The van der Waals surface area contributed by atoms with E-state index in [1.807, 2.05) is 12.1 Å². The van der Waals surface area contributed by atoms with Crippen molar-refractivity contribution in [1.29, 1.82) is 0 Å². The van der Waals surface area contributed by atoms with Crippen LogP contribution in [0.3, 0.4) is 0 Å². The van der Waals surface area contributed by atoms with E-state index in [-0.39, 0.29) is 12.8 Å². The van der Waals surface area contributed by atoms with Gasteiger partial charge in [-0.05, 0) is 60.0 Å². The summed E-state index contributed by atoms with van der Waals surface area (Å²) in [5.41, 5.74) is 1.22. The quantitative estimate of drug-likeness (QED) is 0.284. The molecule has 4 rings (SSSR count). The second kappa shape index (κ2) is 9.25. The second-order valence-electron chi connectivity index (χ2n) is 7.91. The molecular weight excluding hydrogens is 435 g/mol. The molecule has 1 aromatic heterocycles. The molecule has 170 valence electrons. The predicted molar refractivity (Wildman–Crippen MR) is 118 cm³/mol. The smallest absolute Gasteiger partial charge is 0.237 e. The van der Waals surface area contributed by atoms with Crippen LogP contribution in [-0.2, 0) is 25.4 Å². The average Bonchev–Trinajstić information content (AvgIpc) is 2.78. The number of aryl methyl sites for hydroxylation is 3. The van der Waals surface area contributed by atoms with E-state index in [0.29, 0.717) is 27.7 Å². The van der Waals surface area contributed by atoms with Crippen molar-refractivity contribution >= 4 is 10.8 Å². The highest BCUT2D eigenvalue weighted by atomic mass is 19.4.